The average molecular weight is 338 g/mol. The Morgan fingerprint density at radius 3 is 2.90 bits per heavy atom. The van der Waals surface area contributed by atoms with Gasteiger partial charge in [0.15, 0.2) is 5.82 Å². The summed E-state index contributed by atoms with van der Waals surface area (Å²) in [7, 11) is 1.61. The number of aromatic amines is 1. The van der Waals surface area contributed by atoms with E-state index in [0.717, 1.165) is 28.2 Å². The van der Waals surface area contributed by atoms with Gasteiger partial charge in [-0.3, -0.25) is 9.89 Å². The van der Waals surface area contributed by atoms with Crippen LogP contribution < -0.4 is 10.6 Å². The summed E-state index contributed by atoms with van der Waals surface area (Å²) in [6.07, 6.45) is 0.790. The molecule has 0 fully saturated rings. The highest BCUT2D eigenvalue weighted by atomic mass is 79.9. The molecule has 6 nitrogen and oxygen atoms in total. The molecule has 106 valence electrons. The zero-order valence-corrected chi connectivity index (χ0v) is 12.9. The summed E-state index contributed by atoms with van der Waals surface area (Å²) in [5.74, 6) is 1.39. The Balaban J connectivity index is 2.14. The smallest absolute Gasteiger partial charge is 0.253 e. The minimum atomic E-state index is -0.138. The number of rotatable bonds is 5. The zero-order chi connectivity index (χ0) is 14.5. The molecule has 2 rings (SSSR count). The first-order valence-electron chi connectivity index (χ1n) is 6.29. The zero-order valence-electron chi connectivity index (χ0n) is 11.3. The van der Waals surface area contributed by atoms with Crippen LogP contribution >= 0.6 is 15.9 Å². The standard InChI is InChI=1S/C13H16BrN5O/c1-3-11-17-12(19-18-11)7-16-10-5-4-8(14)6-9(10)13(20)15-2/h4-6,16H,3,7H2,1-2H3,(H,15,20)(H,17,18,19). The fourth-order valence-electron chi connectivity index (χ4n) is 1.74. The molecular formula is C13H16BrN5O. The quantitative estimate of drug-likeness (QED) is 0.780. The molecular weight excluding hydrogens is 322 g/mol. The minimum Gasteiger partial charge on any atom is -0.377 e. The van der Waals surface area contributed by atoms with E-state index in [1.165, 1.54) is 0 Å². The van der Waals surface area contributed by atoms with E-state index in [1.807, 2.05) is 19.1 Å². The van der Waals surface area contributed by atoms with Crippen LogP contribution in [0.15, 0.2) is 22.7 Å². The van der Waals surface area contributed by atoms with Gasteiger partial charge >= 0.3 is 0 Å². The highest BCUT2D eigenvalue weighted by molar-refractivity contribution is 9.10. The summed E-state index contributed by atoms with van der Waals surface area (Å²) < 4.78 is 0.856. The van der Waals surface area contributed by atoms with Gasteiger partial charge in [-0.15, -0.1) is 0 Å². The Kier molecular flexibility index (Phi) is 4.73. The monoisotopic (exact) mass is 337 g/mol. The molecule has 0 saturated carbocycles. The lowest BCUT2D eigenvalue weighted by Crippen LogP contribution is -2.19. The SMILES string of the molecule is CCc1n[nH]c(CNc2ccc(Br)cc2C(=O)NC)n1. The van der Waals surface area contributed by atoms with E-state index in [2.05, 4.69) is 41.7 Å². The third kappa shape index (κ3) is 3.36. The topological polar surface area (TPSA) is 82.7 Å². The molecule has 1 aromatic carbocycles. The second kappa shape index (κ2) is 6.51. The predicted octanol–water partition coefficient (Wildman–Crippen LogP) is 2.10. The molecule has 3 N–H and O–H groups in total. The van der Waals surface area contributed by atoms with Gasteiger partial charge in [0.2, 0.25) is 0 Å². The van der Waals surface area contributed by atoms with Gasteiger partial charge in [0.05, 0.1) is 12.1 Å². The number of benzene rings is 1. The third-order valence-corrected chi connectivity index (χ3v) is 3.29. The number of halogens is 1. The maximum Gasteiger partial charge on any atom is 0.253 e. The van der Waals surface area contributed by atoms with Crippen molar-refractivity contribution in [1.29, 1.82) is 0 Å². The van der Waals surface area contributed by atoms with Crippen LogP contribution in [-0.4, -0.2) is 28.1 Å². The van der Waals surface area contributed by atoms with Gasteiger partial charge in [0, 0.05) is 23.6 Å². The average Bonchev–Trinajstić information content (AvgIpc) is 2.93. The molecule has 0 aliphatic carbocycles. The van der Waals surface area contributed by atoms with Gasteiger partial charge in [-0.25, -0.2) is 4.98 Å². The molecule has 1 amide bonds. The van der Waals surface area contributed by atoms with Gasteiger partial charge in [0.25, 0.3) is 5.91 Å². The molecule has 0 aliphatic heterocycles. The van der Waals surface area contributed by atoms with Gasteiger partial charge in [-0.1, -0.05) is 22.9 Å². The lowest BCUT2D eigenvalue weighted by molar-refractivity contribution is 0.0964. The maximum atomic E-state index is 11.8. The van der Waals surface area contributed by atoms with Crippen molar-refractivity contribution in [2.75, 3.05) is 12.4 Å². The fourth-order valence-corrected chi connectivity index (χ4v) is 2.11. The number of hydrogen-bond acceptors (Lipinski definition) is 4. The molecule has 2 aromatic rings. The Morgan fingerprint density at radius 2 is 2.25 bits per heavy atom. The molecule has 0 unspecified atom stereocenters. The van der Waals surface area contributed by atoms with E-state index in [-0.39, 0.29) is 5.91 Å². The van der Waals surface area contributed by atoms with Gasteiger partial charge in [0.1, 0.15) is 5.82 Å². The van der Waals surface area contributed by atoms with Crippen molar-refractivity contribution in [3.8, 4) is 0 Å². The molecule has 1 heterocycles. The molecule has 0 spiro atoms. The summed E-state index contributed by atoms with van der Waals surface area (Å²) in [5.41, 5.74) is 1.33. The molecule has 0 atom stereocenters. The van der Waals surface area contributed by atoms with Crippen molar-refractivity contribution in [3.63, 3.8) is 0 Å². The number of carbonyl (C=O) groups is 1. The van der Waals surface area contributed by atoms with Crippen LogP contribution in [0, 0.1) is 0 Å². The van der Waals surface area contributed by atoms with Crippen LogP contribution in [0.5, 0.6) is 0 Å². The van der Waals surface area contributed by atoms with E-state index in [9.17, 15) is 4.79 Å². The Hall–Kier alpha value is -1.89. The largest absolute Gasteiger partial charge is 0.377 e. The Morgan fingerprint density at radius 1 is 1.45 bits per heavy atom. The number of aryl methyl sites for hydroxylation is 1. The summed E-state index contributed by atoms with van der Waals surface area (Å²) >= 11 is 3.37. The van der Waals surface area contributed by atoms with Crippen molar-refractivity contribution < 1.29 is 4.79 Å². The van der Waals surface area contributed by atoms with Crippen molar-refractivity contribution >= 4 is 27.5 Å². The first-order valence-corrected chi connectivity index (χ1v) is 7.09. The summed E-state index contributed by atoms with van der Waals surface area (Å²) in [4.78, 5) is 16.2. The molecule has 0 aliphatic rings. The van der Waals surface area contributed by atoms with Crippen LogP contribution in [0.4, 0.5) is 5.69 Å². The van der Waals surface area contributed by atoms with Crippen LogP contribution in [0.3, 0.4) is 0 Å². The second-order valence-electron chi connectivity index (χ2n) is 4.17. The van der Waals surface area contributed by atoms with E-state index in [1.54, 1.807) is 13.1 Å². The Bertz CT molecular complexity index is 611. The highest BCUT2D eigenvalue weighted by Crippen LogP contribution is 2.21. The van der Waals surface area contributed by atoms with Gasteiger partial charge in [-0.05, 0) is 18.2 Å². The van der Waals surface area contributed by atoms with Crippen LogP contribution in [-0.2, 0) is 13.0 Å². The molecule has 20 heavy (non-hydrogen) atoms. The number of aromatic nitrogens is 3. The minimum absolute atomic E-state index is 0.138. The van der Waals surface area contributed by atoms with Crippen molar-refractivity contribution in [1.82, 2.24) is 20.5 Å². The summed E-state index contributed by atoms with van der Waals surface area (Å²) in [6, 6.07) is 5.51. The van der Waals surface area contributed by atoms with E-state index >= 15 is 0 Å². The highest BCUT2D eigenvalue weighted by Gasteiger charge is 2.11. The number of H-pyrrole nitrogens is 1. The summed E-state index contributed by atoms with van der Waals surface area (Å²) in [5, 5.41) is 12.8. The molecule has 1 aromatic heterocycles. The van der Waals surface area contributed by atoms with Crippen molar-refractivity contribution in [3.05, 3.63) is 39.9 Å². The van der Waals surface area contributed by atoms with Crippen LogP contribution in [0.1, 0.15) is 28.9 Å². The number of anilines is 1. The molecule has 0 radical (unpaired) electrons. The van der Waals surface area contributed by atoms with Crippen LogP contribution in [0.2, 0.25) is 0 Å². The number of nitrogens with zero attached hydrogens (tertiary/aromatic N) is 2. The maximum absolute atomic E-state index is 11.8. The first-order chi connectivity index (χ1) is 9.63. The Labute approximate surface area is 125 Å². The van der Waals surface area contributed by atoms with E-state index in [4.69, 9.17) is 0 Å². The second-order valence-corrected chi connectivity index (χ2v) is 5.09. The lowest BCUT2D eigenvalue weighted by Gasteiger charge is -2.10. The summed E-state index contributed by atoms with van der Waals surface area (Å²) in [6.45, 7) is 2.48. The van der Waals surface area contributed by atoms with Crippen LogP contribution in [0.25, 0.3) is 0 Å². The van der Waals surface area contributed by atoms with Gasteiger partial charge in [-0.2, -0.15) is 5.10 Å². The van der Waals surface area contributed by atoms with Crippen molar-refractivity contribution in [2.24, 2.45) is 0 Å². The molecule has 0 bridgehead atoms. The van der Waals surface area contributed by atoms with E-state index < -0.39 is 0 Å². The molecule has 7 heteroatoms. The fraction of sp³-hybridized carbons (Fsp3) is 0.308. The van der Waals surface area contributed by atoms with E-state index in [0.29, 0.717) is 12.1 Å². The van der Waals surface area contributed by atoms with Gasteiger partial charge < -0.3 is 10.6 Å². The van der Waals surface area contributed by atoms with Crippen molar-refractivity contribution in [2.45, 2.75) is 19.9 Å². The normalized spacial score (nSPS) is 10.3. The number of carbonyl (C=O) groups excluding carboxylic acids is 1. The predicted molar refractivity (Wildman–Crippen MR) is 80.6 cm³/mol. The third-order valence-electron chi connectivity index (χ3n) is 2.79. The number of nitrogens with one attached hydrogen (secondary N) is 3. The first kappa shape index (κ1) is 14.5. The number of hydrogen-bond donors (Lipinski definition) is 3. The number of amides is 1. The molecule has 0 saturated heterocycles. The lowest BCUT2D eigenvalue weighted by atomic mass is 10.1.